The average Bonchev–Trinajstić information content (AvgIpc) is 3.29. The van der Waals surface area contributed by atoms with E-state index in [9.17, 15) is 10.1 Å². The molecule has 140 valence electrons. The molecular weight excluding hydrogens is 388 g/mol. The van der Waals surface area contributed by atoms with Gasteiger partial charge in [0.05, 0.1) is 29.1 Å². The fourth-order valence-electron chi connectivity index (χ4n) is 3.53. The average molecular weight is 407 g/mol. The summed E-state index contributed by atoms with van der Waals surface area (Å²) in [5, 5.41) is 19.5. The van der Waals surface area contributed by atoms with E-state index in [0.717, 1.165) is 35.2 Å². The molecule has 0 radical (unpaired) electrons. The maximum atomic E-state index is 13.5. The summed E-state index contributed by atoms with van der Waals surface area (Å²) in [4.78, 5) is 20.4. The van der Waals surface area contributed by atoms with Crippen LogP contribution in [0, 0.1) is 28.6 Å². The first-order valence-corrected chi connectivity index (χ1v) is 11.0. The second-order valence-corrected chi connectivity index (χ2v) is 8.81. The molecular formula is C21H18N4OS2. The molecule has 5 nitrogen and oxygen atoms in total. The fourth-order valence-corrected chi connectivity index (χ4v) is 5.90. The van der Waals surface area contributed by atoms with Crippen LogP contribution in [0.1, 0.15) is 29.7 Å². The van der Waals surface area contributed by atoms with Gasteiger partial charge in [0.1, 0.15) is 4.83 Å². The zero-order valence-corrected chi connectivity index (χ0v) is 16.9. The van der Waals surface area contributed by atoms with Gasteiger partial charge in [-0.1, -0.05) is 30.0 Å². The lowest BCUT2D eigenvalue weighted by atomic mass is 10.1. The van der Waals surface area contributed by atoms with Crippen LogP contribution >= 0.6 is 23.1 Å². The van der Waals surface area contributed by atoms with Crippen molar-refractivity contribution >= 4 is 33.3 Å². The van der Waals surface area contributed by atoms with E-state index >= 15 is 0 Å². The highest BCUT2D eigenvalue weighted by Crippen LogP contribution is 2.36. The Bertz CT molecular complexity index is 1150. The second-order valence-electron chi connectivity index (χ2n) is 6.74. The van der Waals surface area contributed by atoms with Gasteiger partial charge in [-0.2, -0.15) is 10.5 Å². The van der Waals surface area contributed by atoms with Crippen molar-refractivity contribution in [2.24, 2.45) is 5.92 Å². The number of aryl methyl sites for hydroxylation is 2. The molecule has 0 N–H and O–H groups in total. The molecule has 0 fully saturated rings. The number of hydrogen-bond acceptors (Lipinski definition) is 6. The van der Waals surface area contributed by atoms with Gasteiger partial charge >= 0.3 is 0 Å². The summed E-state index contributed by atoms with van der Waals surface area (Å²) in [6.07, 6.45) is 3.95. The third kappa shape index (κ3) is 3.44. The molecule has 7 heteroatoms. The Morgan fingerprint density at radius 3 is 2.82 bits per heavy atom. The second kappa shape index (κ2) is 8.18. The Morgan fingerprint density at radius 1 is 1.25 bits per heavy atom. The molecule has 2 aromatic heterocycles. The Kier molecular flexibility index (Phi) is 5.47. The summed E-state index contributed by atoms with van der Waals surface area (Å²) >= 11 is 3.05. The molecule has 1 unspecified atom stereocenters. The largest absolute Gasteiger partial charge is 0.268 e. The Hall–Kier alpha value is -2.61. The third-order valence-corrected chi connectivity index (χ3v) is 7.21. The number of para-hydroxylation sites is 1. The van der Waals surface area contributed by atoms with Crippen molar-refractivity contribution in [2.45, 2.75) is 37.3 Å². The first-order chi connectivity index (χ1) is 13.7. The van der Waals surface area contributed by atoms with Gasteiger partial charge in [-0.05, 0) is 43.4 Å². The molecule has 0 saturated carbocycles. The van der Waals surface area contributed by atoms with Crippen LogP contribution in [0.25, 0.3) is 15.9 Å². The van der Waals surface area contributed by atoms with Crippen LogP contribution in [0.2, 0.25) is 0 Å². The smallest absolute Gasteiger partial charge is 0.267 e. The third-order valence-electron chi connectivity index (χ3n) is 4.92. The lowest BCUT2D eigenvalue weighted by molar-refractivity contribution is 0.683. The Labute approximate surface area is 171 Å². The van der Waals surface area contributed by atoms with Crippen molar-refractivity contribution in [2.75, 3.05) is 5.75 Å². The molecule has 4 rings (SSSR count). The van der Waals surface area contributed by atoms with Crippen molar-refractivity contribution in [3.8, 4) is 17.8 Å². The molecule has 1 atom stereocenters. The van der Waals surface area contributed by atoms with Crippen LogP contribution in [-0.4, -0.2) is 15.3 Å². The van der Waals surface area contributed by atoms with E-state index in [4.69, 9.17) is 10.2 Å². The van der Waals surface area contributed by atoms with E-state index in [1.165, 1.54) is 22.2 Å². The predicted molar refractivity (Wildman–Crippen MR) is 112 cm³/mol. The van der Waals surface area contributed by atoms with E-state index in [0.29, 0.717) is 23.8 Å². The van der Waals surface area contributed by atoms with Gasteiger partial charge in [0.25, 0.3) is 5.56 Å². The first-order valence-electron chi connectivity index (χ1n) is 9.25. The summed E-state index contributed by atoms with van der Waals surface area (Å²) < 4.78 is 1.68. The number of fused-ring (bicyclic) bond motifs is 3. The van der Waals surface area contributed by atoms with Gasteiger partial charge < -0.3 is 0 Å². The standard InChI is InChI=1S/C21H18N4OS2/c22-11-5-6-14(12-23)13-27-21-24-19-18(16-9-4-10-17(16)28-19)20(26)25(21)15-7-2-1-3-8-15/h1-3,7-8,14H,4-6,9-10,13H2. The number of thiophene rings is 1. The van der Waals surface area contributed by atoms with E-state index < -0.39 is 0 Å². The van der Waals surface area contributed by atoms with E-state index in [1.807, 2.05) is 30.3 Å². The molecule has 0 bridgehead atoms. The van der Waals surface area contributed by atoms with Gasteiger partial charge in [-0.25, -0.2) is 4.98 Å². The molecule has 3 aromatic rings. The van der Waals surface area contributed by atoms with Crippen LogP contribution in [0.3, 0.4) is 0 Å². The van der Waals surface area contributed by atoms with Crippen molar-refractivity contribution < 1.29 is 0 Å². The number of nitriles is 2. The number of nitrogens with zero attached hydrogens (tertiary/aromatic N) is 4. The Balaban J connectivity index is 1.80. The number of aromatic nitrogens is 2. The lowest BCUT2D eigenvalue weighted by Gasteiger charge is -2.13. The van der Waals surface area contributed by atoms with Crippen LogP contribution in [0.5, 0.6) is 0 Å². The minimum atomic E-state index is -0.241. The van der Waals surface area contributed by atoms with Gasteiger partial charge in [0.15, 0.2) is 5.16 Å². The molecule has 0 saturated heterocycles. The summed E-state index contributed by atoms with van der Waals surface area (Å²) in [6, 6.07) is 13.9. The highest BCUT2D eigenvalue weighted by atomic mass is 32.2. The summed E-state index contributed by atoms with van der Waals surface area (Å²) in [5.41, 5.74) is 1.93. The zero-order chi connectivity index (χ0) is 19.5. The van der Waals surface area contributed by atoms with Gasteiger partial charge in [-0.15, -0.1) is 11.3 Å². The van der Waals surface area contributed by atoms with Crippen molar-refractivity contribution in [1.82, 2.24) is 9.55 Å². The Morgan fingerprint density at radius 2 is 2.07 bits per heavy atom. The minimum absolute atomic E-state index is 0.0244. The summed E-state index contributed by atoms with van der Waals surface area (Å²) in [6.45, 7) is 0. The lowest BCUT2D eigenvalue weighted by Crippen LogP contribution is -2.22. The SMILES string of the molecule is N#CCCC(C#N)CSc1nc2sc3c(c2c(=O)n1-c1ccccc1)CCC3. The van der Waals surface area contributed by atoms with Crippen molar-refractivity contribution in [1.29, 1.82) is 10.5 Å². The molecule has 1 aliphatic carbocycles. The van der Waals surface area contributed by atoms with Crippen molar-refractivity contribution in [3.63, 3.8) is 0 Å². The van der Waals surface area contributed by atoms with E-state index in [-0.39, 0.29) is 11.5 Å². The molecule has 0 spiro atoms. The van der Waals surface area contributed by atoms with Crippen LogP contribution < -0.4 is 5.56 Å². The first kappa shape index (κ1) is 18.7. The van der Waals surface area contributed by atoms with Gasteiger partial charge in [-0.3, -0.25) is 9.36 Å². The highest BCUT2D eigenvalue weighted by molar-refractivity contribution is 7.99. The number of benzene rings is 1. The number of thioether (sulfide) groups is 1. The molecule has 28 heavy (non-hydrogen) atoms. The quantitative estimate of drug-likeness (QED) is 0.445. The van der Waals surface area contributed by atoms with Crippen molar-refractivity contribution in [3.05, 3.63) is 51.1 Å². The predicted octanol–water partition coefficient (Wildman–Crippen LogP) is 4.47. The minimum Gasteiger partial charge on any atom is -0.268 e. The van der Waals surface area contributed by atoms with Gasteiger partial charge in [0.2, 0.25) is 0 Å². The maximum Gasteiger partial charge on any atom is 0.267 e. The molecule has 2 heterocycles. The zero-order valence-electron chi connectivity index (χ0n) is 15.2. The monoisotopic (exact) mass is 406 g/mol. The number of rotatable bonds is 6. The van der Waals surface area contributed by atoms with Gasteiger partial charge in [0, 0.05) is 17.1 Å². The molecule has 0 amide bonds. The maximum absolute atomic E-state index is 13.5. The van der Waals surface area contributed by atoms with Crippen LogP contribution in [0.15, 0.2) is 40.3 Å². The molecule has 0 aliphatic heterocycles. The summed E-state index contributed by atoms with van der Waals surface area (Å²) in [7, 11) is 0. The van der Waals surface area contributed by atoms with Crippen LogP contribution in [0.4, 0.5) is 0 Å². The van der Waals surface area contributed by atoms with E-state index in [1.54, 1.807) is 15.9 Å². The fraction of sp³-hybridized carbons (Fsp3) is 0.333. The molecule has 1 aromatic carbocycles. The normalized spacial score (nSPS) is 13.8. The summed E-state index contributed by atoms with van der Waals surface area (Å²) in [5.74, 6) is 0.267. The topological polar surface area (TPSA) is 82.5 Å². The van der Waals surface area contributed by atoms with E-state index in [2.05, 4.69) is 12.1 Å². The van der Waals surface area contributed by atoms with Crippen LogP contribution in [-0.2, 0) is 12.8 Å². The molecule has 1 aliphatic rings. The highest BCUT2D eigenvalue weighted by Gasteiger charge is 2.24. The number of hydrogen-bond donors (Lipinski definition) is 0.